The minimum absolute atomic E-state index is 0.331. The number of H-pyrrole nitrogens is 1. The summed E-state index contributed by atoms with van der Waals surface area (Å²) in [5, 5.41) is 11.8. The Hall–Kier alpha value is -1.63. The van der Waals surface area contributed by atoms with Crippen molar-refractivity contribution in [3.63, 3.8) is 0 Å². The van der Waals surface area contributed by atoms with Crippen LogP contribution in [0.5, 0.6) is 0 Å². The summed E-state index contributed by atoms with van der Waals surface area (Å²) in [4.78, 5) is 13.0. The number of aromatic amines is 1. The van der Waals surface area contributed by atoms with Crippen LogP contribution in [0.15, 0.2) is 16.5 Å². The van der Waals surface area contributed by atoms with Crippen molar-refractivity contribution in [1.82, 2.24) is 25.1 Å². The first-order valence-corrected chi connectivity index (χ1v) is 7.09. The van der Waals surface area contributed by atoms with Crippen LogP contribution >= 0.6 is 11.8 Å². The molecule has 0 unspecified atom stereocenters. The molecular formula is C12H18N6S. The van der Waals surface area contributed by atoms with E-state index in [1.54, 1.807) is 6.33 Å². The summed E-state index contributed by atoms with van der Waals surface area (Å²) < 4.78 is 0. The van der Waals surface area contributed by atoms with Gasteiger partial charge in [-0.2, -0.15) is 0 Å². The van der Waals surface area contributed by atoms with Crippen molar-refractivity contribution in [2.45, 2.75) is 43.8 Å². The van der Waals surface area contributed by atoms with E-state index in [1.165, 1.54) is 11.8 Å². The third kappa shape index (κ3) is 3.23. The third-order valence-corrected chi connectivity index (χ3v) is 3.42. The van der Waals surface area contributed by atoms with Crippen molar-refractivity contribution in [1.29, 1.82) is 0 Å². The van der Waals surface area contributed by atoms with Crippen LogP contribution in [-0.4, -0.2) is 31.7 Å². The lowest BCUT2D eigenvalue weighted by molar-refractivity contribution is 0.801. The molecule has 7 heteroatoms. The molecule has 2 aromatic heterocycles. The Morgan fingerprint density at radius 2 is 2.16 bits per heavy atom. The molecule has 0 fully saturated rings. The molecule has 0 aliphatic heterocycles. The predicted octanol–water partition coefficient (Wildman–Crippen LogP) is 2.61. The van der Waals surface area contributed by atoms with Crippen LogP contribution < -0.4 is 5.32 Å². The van der Waals surface area contributed by atoms with E-state index >= 15 is 0 Å². The van der Waals surface area contributed by atoms with Crippen LogP contribution in [0.1, 0.15) is 38.1 Å². The second kappa shape index (κ2) is 6.01. The molecule has 0 aliphatic rings. The smallest absolute Gasteiger partial charge is 0.214 e. The van der Waals surface area contributed by atoms with Gasteiger partial charge in [0.05, 0.1) is 0 Å². The van der Waals surface area contributed by atoms with Gasteiger partial charge in [-0.1, -0.05) is 13.8 Å². The molecule has 0 saturated carbocycles. The Morgan fingerprint density at radius 3 is 2.74 bits per heavy atom. The zero-order valence-corrected chi connectivity index (χ0v) is 12.4. The summed E-state index contributed by atoms with van der Waals surface area (Å²) in [6.07, 6.45) is 1.58. The Morgan fingerprint density at radius 1 is 1.37 bits per heavy atom. The molecule has 0 amide bonds. The largest absolute Gasteiger partial charge is 0.370 e. The van der Waals surface area contributed by atoms with Crippen LogP contribution in [0.3, 0.4) is 0 Å². The van der Waals surface area contributed by atoms with Crippen molar-refractivity contribution >= 4 is 17.6 Å². The SMILES string of the molecule is CCNc1ncnc(Sc2n[nH]c(C)n2)c1C(C)C. The molecule has 2 aromatic rings. The number of nitrogens with zero attached hydrogens (tertiary/aromatic N) is 4. The number of nitrogens with one attached hydrogen (secondary N) is 2. The highest BCUT2D eigenvalue weighted by Crippen LogP contribution is 2.33. The lowest BCUT2D eigenvalue weighted by Gasteiger charge is -2.15. The van der Waals surface area contributed by atoms with Gasteiger partial charge >= 0.3 is 0 Å². The van der Waals surface area contributed by atoms with Gasteiger partial charge in [-0.25, -0.2) is 15.0 Å². The molecule has 19 heavy (non-hydrogen) atoms. The fraction of sp³-hybridized carbons (Fsp3) is 0.500. The molecule has 0 aromatic carbocycles. The number of rotatable bonds is 5. The first-order chi connectivity index (χ1) is 9.11. The highest BCUT2D eigenvalue weighted by atomic mass is 32.2. The zero-order chi connectivity index (χ0) is 13.8. The Balaban J connectivity index is 2.35. The molecule has 6 nitrogen and oxygen atoms in total. The van der Waals surface area contributed by atoms with Crippen molar-refractivity contribution < 1.29 is 0 Å². The molecular weight excluding hydrogens is 260 g/mol. The van der Waals surface area contributed by atoms with Gasteiger partial charge in [-0.05, 0) is 31.5 Å². The number of anilines is 1. The number of aryl methyl sites for hydroxylation is 1. The molecule has 0 radical (unpaired) electrons. The van der Waals surface area contributed by atoms with Gasteiger partial charge in [0, 0.05) is 12.1 Å². The maximum Gasteiger partial charge on any atom is 0.214 e. The van der Waals surface area contributed by atoms with Crippen molar-refractivity contribution in [2.24, 2.45) is 0 Å². The van der Waals surface area contributed by atoms with Gasteiger partial charge in [-0.3, -0.25) is 5.10 Å². The average molecular weight is 278 g/mol. The van der Waals surface area contributed by atoms with Gasteiger partial charge in [0.15, 0.2) is 0 Å². The first-order valence-electron chi connectivity index (χ1n) is 6.27. The summed E-state index contributed by atoms with van der Waals surface area (Å²) in [6.45, 7) is 9.03. The Bertz CT molecular complexity index is 551. The van der Waals surface area contributed by atoms with Gasteiger partial charge in [0.25, 0.3) is 0 Å². The van der Waals surface area contributed by atoms with Crippen LogP contribution in [0.25, 0.3) is 0 Å². The van der Waals surface area contributed by atoms with Crippen LogP contribution in [0.4, 0.5) is 5.82 Å². The summed E-state index contributed by atoms with van der Waals surface area (Å²) in [5.41, 5.74) is 1.11. The summed E-state index contributed by atoms with van der Waals surface area (Å²) in [5.74, 6) is 2.02. The maximum atomic E-state index is 4.37. The number of hydrogen-bond donors (Lipinski definition) is 2. The Kier molecular flexibility index (Phi) is 4.36. The van der Waals surface area contributed by atoms with Crippen molar-refractivity contribution in [3.05, 3.63) is 17.7 Å². The van der Waals surface area contributed by atoms with E-state index in [2.05, 4.69) is 51.2 Å². The fourth-order valence-electron chi connectivity index (χ4n) is 1.74. The van der Waals surface area contributed by atoms with E-state index in [4.69, 9.17) is 0 Å². The standard InChI is InChI=1S/C12H18N6S/c1-5-13-10-9(7(2)3)11(15-6-14-10)19-12-16-8(4)17-18-12/h6-7H,5H2,1-4H3,(H,13,14,15)(H,16,17,18). The van der Waals surface area contributed by atoms with E-state index in [0.29, 0.717) is 11.1 Å². The molecule has 0 saturated heterocycles. The van der Waals surface area contributed by atoms with Gasteiger partial charge in [0.2, 0.25) is 5.16 Å². The highest BCUT2D eigenvalue weighted by molar-refractivity contribution is 7.99. The van der Waals surface area contributed by atoms with E-state index < -0.39 is 0 Å². The predicted molar refractivity (Wildman–Crippen MR) is 75.5 cm³/mol. The highest BCUT2D eigenvalue weighted by Gasteiger charge is 2.17. The van der Waals surface area contributed by atoms with E-state index in [9.17, 15) is 0 Å². The Labute approximate surface area is 116 Å². The summed E-state index contributed by atoms with van der Waals surface area (Å²) in [6, 6.07) is 0. The first kappa shape index (κ1) is 13.8. The van der Waals surface area contributed by atoms with E-state index in [-0.39, 0.29) is 0 Å². The molecule has 2 rings (SSSR count). The number of aromatic nitrogens is 5. The molecule has 0 bridgehead atoms. The maximum absolute atomic E-state index is 4.37. The van der Waals surface area contributed by atoms with Gasteiger partial charge in [0.1, 0.15) is 23.0 Å². The third-order valence-electron chi connectivity index (χ3n) is 2.53. The lowest BCUT2D eigenvalue weighted by Crippen LogP contribution is -2.07. The topological polar surface area (TPSA) is 79.4 Å². The molecule has 0 spiro atoms. The molecule has 2 N–H and O–H groups in total. The summed E-state index contributed by atoms with van der Waals surface area (Å²) in [7, 11) is 0. The second-order valence-corrected chi connectivity index (χ2v) is 5.39. The summed E-state index contributed by atoms with van der Waals surface area (Å²) >= 11 is 1.46. The number of hydrogen-bond acceptors (Lipinski definition) is 6. The van der Waals surface area contributed by atoms with Crippen LogP contribution in [0.2, 0.25) is 0 Å². The minimum Gasteiger partial charge on any atom is -0.370 e. The molecule has 2 heterocycles. The van der Waals surface area contributed by atoms with Crippen molar-refractivity contribution in [2.75, 3.05) is 11.9 Å². The average Bonchev–Trinajstić information content (AvgIpc) is 2.75. The van der Waals surface area contributed by atoms with Crippen molar-refractivity contribution in [3.8, 4) is 0 Å². The van der Waals surface area contributed by atoms with E-state index in [0.717, 1.165) is 28.8 Å². The second-order valence-electron chi connectivity index (χ2n) is 4.43. The quantitative estimate of drug-likeness (QED) is 0.818. The lowest BCUT2D eigenvalue weighted by atomic mass is 10.1. The zero-order valence-electron chi connectivity index (χ0n) is 11.6. The van der Waals surface area contributed by atoms with Gasteiger partial charge in [-0.15, -0.1) is 5.10 Å². The normalized spacial score (nSPS) is 11.0. The minimum atomic E-state index is 0.331. The monoisotopic (exact) mass is 278 g/mol. The molecule has 0 atom stereocenters. The molecule has 0 aliphatic carbocycles. The van der Waals surface area contributed by atoms with Crippen LogP contribution in [-0.2, 0) is 0 Å². The molecule has 102 valence electrons. The van der Waals surface area contributed by atoms with E-state index in [1.807, 2.05) is 6.92 Å². The van der Waals surface area contributed by atoms with Gasteiger partial charge < -0.3 is 5.32 Å². The fourth-order valence-corrected chi connectivity index (χ4v) is 2.73. The van der Waals surface area contributed by atoms with Crippen LogP contribution in [0, 0.1) is 6.92 Å².